The molecule has 0 fully saturated rings. The van der Waals surface area contributed by atoms with Gasteiger partial charge >= 0.3 is 0 Å². The Labute approximate surface area is 165 Å². The van der Waals surface area contributed by atoms with E-state index in [0.29, 0.717) is 44.2 Å². The summed E-state index contributed by atoms with van der Waals surface area (Å²) >= 11 is 0. The van der Waals surface area contributed by atoms with Crippen LogP contribution in [0.1, 0.15) is 24.3 Å². The maximum absolute atomic E-state index is 12.3. The Balaban J connectivity index is 1.37. The number of carbonyl (C=O) groups excluding carboxylic acids is 1. The van der Waals surface area contributed by atoms with Gasteiger partial charge in [-0.15, -0.1) is 10.2 Å². The van der Waals surface area contributed by atoms with Gasteiger partial charge in [0, 0.05) is 25.5 Å². The van der Waals surface area contributed by atoms with Crippen molar-refractivity contribution < 1.29 is 13.9 Å². The minimum atomic E-state index is 0.0793. The van der Waals surface area contributed by atoms with Crippen molar-refractivity contribution in [1.29, 1.82) is 0 Å². The van der Waals surface area contributed by atoms with Crippen molar-refractivity contribution in [2.24, 2.45) is 0 Å². The lowest BCUT2D eigenvalue weighted by molar-refractivity contribution is -0.130. The third-order valence-corrected chi connectivity index (χ3v) is 4.38. The van der Waals surface area contributed by atoms with Crippen molar-refractivity contribution in [1.82, 2.24) is 15.1 Å². The van der Waals surface area contributed by atoms with E-state index in [9.17, 15) is 4.79 Å². The third kappa shape index (κ3) is 5.67. The molecule has 0 saturated carbocycles. The van der Waals surface area contributed by atoms with Crippen molar-refractivity contribution in [2.75, 3.05) is 20.2 Å². The van der Waals surface area contributed by atoms with Gasteiger partial charge in [-0.05, 0) is 43.2 Å². The molecule has 0 aliphatic heterocycles. The van der Waals surface area contributed by atoms with E-state index in [4.69, 9.17) is 9.15 Å². The predicted molar refractivity (Wildman–Crippen MR) is 107 cm³/mol. The van der Waals surface area contributed by atoms with Crippen LogP contribution in [0.2, 0.25) is 0 Å². The molecule has 0 N–H and O–H groups in total. The van der Waals surface area contributed by atoms with Crippen LogP contribution >= 0.6 is 0 Å². The molecule has 6 heteroatoms. The first-order chi connectivity index (χ1) is 13.6. The lowest BCUT2D eigenvalue weighted by Gasteiger charge is -2.17. The number of likely N-dealkylation sites (N-methyl/N-ethyl adjacent to an activating group) is 1. The summed E-state index contributed by atoms with van der Waals surface area (Å²) in [5.41, 5.74) is 2.05. The number of aromatic nitrogens is 2. The second kappa shape index (κ2) is 9.69. The van der Waals surface area contributed by atoms with Crippen LogP contribution in [0.3, 0.4) is 0 Å². The van der Waals surface area contributed by atoms with Gasteiger partial charge in [0.1, 0.15) is 12.4 Å². The number of amides is 1. The normalized spacial score (nSPS) is 10.6. The van der Waals surface area contributed by atoms with Crippen molar-refractivity contribution in [3.8, 4) is 17.2 Å². The summed E-state index contributed by atoms with van der Waals surface area (Å²) in [6.45, 7) is 3.04. The van der Waals surface area contributed by atoms with Gasteiger partial charge in [-0.25, -0.2) is 0 Å². The van der Waals surface area contributed by atoms with Gasteiger partial charge < -0.3 is 14.1 Å². The van der Waals surface area contributed by atoms with Crippen molar-refractivity contribution >= 4 is 5.91 Å². The molecule has 0 spiro atoms. The average Bonchev–Trinajstić information content (AvgIpc) is 3.17. The molecule has 0 unspecified atom stereocenters. The minimum absolute atomic E-state index is 0.0793. The number of nitrogens with zero attached hydrogens (tertiary/aromatic N) is 3. The van der Waals surface area contributed by atoms with E-state index in [-0.39, 0.29) is 5.91 Å². The second-order valence-corrected chi connectivity index (χ2v) is 6.70. The maximum Gasteiger partial charge on any atom is 0.247 e. The number of ether oxygens (including phenoxy) is 1. The molecule has 1 heterocycles. The summed E-state index contributed by atoms with van der Waals surface area (Å²) in [4.78, 5) is 14.0. The van der Waals surface area contributed by atoms with E-state index >= 15 is 0 Å². The van der Waals surface area contributed by atoms with Crippen LogP contribution in [0.4, 0.5) is 0 Å². The Morgan fingerprint density at radius 1 is 1.11 bits per heavy atom. The first-order valence-electron chi connectivity index (χ1n) is 9.43. The van der Waals surface area contributed by atoms with Gasteiger partial charge in [0.2, 0.25) is 17.7 Å². The highest BCUT2D eigenvalue weighted by Crippen LogP contribution is 2.18. The number of rotatable bonds is 9. The monoisotopic (exact) mass is 379 g/mol. The number of hydrogen-bond acceptors (Lipinski definition) is 5. The van der Waals surface area contributed by atoms with E-state index in [1.807, 2.05) is 61.5 Å². The van der Waals surface area contributed by atoms with Crippen LogP contribution in [0, 0.1) is 6.92 Å². The molecule has 0 aliphatic carbocycles. The van der Waals surface area contributed by atoms with Crippen LogP contribution in [0.5, 0.6) is 5.75 Å². The Morgan fingerprint density at radius 2 is 1.93 bits per heavy atom. The number of hydrogen-bond donors (Lipinski definition) is 0. The topological polar surface area (TPSA) is 68.5 Å². The fourth-order valence-electron chi connectivity index (χ4n) is 2.76. The summed E-state index contributed by atoms with van der Waals surface area (Å²) in [6, 6.07) is 17.5. The Hall–Kier alpha value is -3.15. The molecular weight excluding hydrogens is 354 g/mol. The zero-order valence-electron chi connectivity index (χ0n) is 16.3. The number of carbonyl (C=O) groups is 1. The smallest absolute Gasteiger partial charge is 0.247 e. The molecule has 2 aromatic carbocycles. The largest absolute Gasteiger partial charge is 0.492 e. The van der Waals surface area contributed by atoms with Crippen molar-refractivity contribution in [3.63, 3.8) is 0 Å². The first-order valence-corrected chi connectivity index (χ1v) is 9.43. The van der Waals surface area contributed by atoms with Gasteiger partial charge in [0.05, 0.1) is 6.54 Å². The molecule has 0 atom stereocenters. The second-order valence-electron chi connectivity index (χ2n) is 6.70. The Bertz CT molecular complexity index is 893. The molecular formula is C22H25N3O3. The molecule has 0 aliphatic rings. The molecule has 1 amide bonds. The maximum atomic E-state index is 12.3. The highest BCUT2D eigenvalue weighted by atomic mass is 16.5. The van der Waals surface area contributed by atoms with Crippen LogP contribution in [0.15, 0.2) is 59.0 Å². The van der Waals surface area contributed by atoms with E-state index in [1.54, 1.807) is 11.9 Å². The molecule has 0 saturated heterocycles. The Morgan fingerprint density at radius 3 is 2.71 bits per heavy atom. The number of benzene rings is 2. The molecule has 1 aromatic heterocycles. The summed E-state index contributed by atoms with van der Waals surface area (Å²) in [5, 5.41) is 8.13. The zero-order chi connectivity index (χ0) is 19.8. The Kier molecular flexibility index (Phi) is 6.78. The summed E-state index contributed by atoms with van der Waals surface area (Å²) < 4.78 is 11.4. The quantitative estimate of drug-likeness (QED) is 0.564. The molecule has 3 rings (SSSR count). The standard InChI is InChI=1S/C22H25N3O3/c1-17-8-6-11-19(16-17)27-15-14-25(2)21(26)13-7-12-20-23-24-22(28-20)18-9-4-3-5-10-18/h3-6,8-11,16H,7,12-15H2,1-2H3. The van der Waals surface area contributed by atoms with Gasteiger partial charge in [0.25, 0.3) is 0 Å². The predicted octanol–water partition coefficient (Wildman–Crippen LogP) is 3.91. The van der Waals surface area contributed by atoms with Gasteiger partial charge in [-0.1, -0.05) is 30.3 Å². The molecule has 6 nitrogen and oxygen atoms in total. The highest BCUT2D eigenvalue weighted by molar-refractivity contribution is 5.75. The van der Waals surface area contributed by atoms with E-state index in [2.05, 4.69) is 10.2 Å². The van der Waals surface area contributed by atoms with Crippen LogP contribution in [-0.4, -0.2) is 41.2 Å². The molecule has 3 aromatic rings. The SMILES string of the molecule is Cc1cccc(OCCN(C)C(=O)CCCc2nnc(-c3ccccc3)o2)c1. The van der Waals surface area contributed by atoms with Crippen molar-refractivity contribution in [3.05, 3.63) is 66.1 Å². The molecule has 0 radical (unpaired) electrons. The fourth-order valence-corrected chi connectivity index (χ4v) is 2.76. The summed E-state index contributed by atoms with van der Waals surface area (Å²) in [7, 11) is 1.79. The van der Waals surface area contributed by atoms with Gasteiger partial charge in [0.15, 0.2) is 0 Å². The van der Waals surface area contributed by atoms with Gasteiger partial charge in [-0.2, -0.15) is 0 Å². The molecule has 0 bridgehead atoms. The fraction of sp³-hybridized carbons (Fsp3) is 0.318. The average molecular weight is 379 g/mol. The lowest BCUT2D eigenvalue weighted by Crippen LogP contribution is -2.30. The summed E-state index contributed by atoms with van der Waals surface area (Å²) in [5.74, 6) is 1.96. The zero-order valence-corrected chi connectivity index (χ0v) is 16.3. The van der Waals surface area contributed by atoms with E-state index < -0.39 is 0 Å². The van der Waals surface area contributed by atoms with E-state index in [0.717, 1.165) is 16.9 Å². The summed E-state index contributed by atoms with van der Waals surface area (Å²) in [6.07, 6.45) is 1.68. The van der Waals surface area contributed by atoms with Gasteiger partial charge in [-0.3, -0.25) is 4.79 Å². The van der Waals surface area contributed by atoms with Crippen LogP contribution in [-0.2, 0) is 11.2 Å². The first kappa shape index (κ1) is 19.6. The number of aryl methyl sites for hydroxylation is 2. The highest BCUT2D eigenvalue weighted by Gasteiger charge is 2.11. The van der Waals surface area contributed by atoms with E-state index in [1.165, 1.54) is 0 Å². The third-order valence-electron chi connectivity index (χ3n) is 4.38. The van der Waals surface area contributed by atoms with Crippen LogP contribution < -0.4 is 4.74 Å². The van der Waals surface area contributed by atoms with Crippen LogP contribution in [0.25, 0.3) is 11.5 Å². The van der Waals surface area contributed by atoms with Crippen molar-refractivity contribution in [2.45, 2.75) is 26.2 Å². The minimum Gasteiger partial charge on any atom is -0.492 e. The molecule has 146 valence electrons. The molecule has 28 heavy (non-hydrogen) atoms. The lowest BCUT2D eigenvalue weighted by atomic mass is 10.2.